The summed E-state index contributed by atoms with van der Waals surface area (Å²) in [7, 11) is 0. The van der Waals surface area contributed by atoms with Crippen LogP contribution in [0.2, 0.25) is 0 Å². The van der Waals surface area contributed by atoms with E-state index >= 15 is 0 Å². The van der Waals surface area contributed by atoms with Gasteiger partial charge in [0, 0.05) is 8.95 Å². The van der Waals surface area contributed by atoms with Crippen LogP contribution >= 0.6 is 31.9 Å². The Morgan fingerprint density at radius 3 is 2.61 bits per heavy atom. The molecule has 0 radical (unpaired) electrons. The molecule has 0 atom stereocenters. The number of amidine groups is 1. The van der Waals surface area contributed by atoms with Gasteiger partial charge in [-0.3, -0.25) is 4.79 Å². The van der Waals surface area contributed by atoms with Gasteiger partial charge in [-0.25, -0.2) is 0 Å². The standard InChI is InChI=1S/C11H13Br2N3O2/c1-11(2,10(14)16-18)15-9(17)7-5-6(12)3-4-8(7)13/h3-5,18H,1-2H3,(H2,14,16)(H,15,17). The molecule has 7 heteroatoms. The summed E-state index contributed by atoms with van der Waals surface area (Å²) in [4.78, 5) is 12.1. The minimum atomic E-state index is -0.937. The van der Waals surface area contributed by atoms with E-state index in [0.29, 0.717) is 10.0 Å². The number of amides is 1. The molecule has 0 saturated heterocycles. The molecule has 0 fully saturated rings. The molecule has 0 heterocycles. The summed E-state index contributed by atoms with van der Waals surface area (Å²) in [6.07, 6.45) is 0. The summed E-state index contributed by atoms with van der Waals surface area (Å²) < 4.78 is 1.45. The zero-order valence-electron chi connectivity index (χ0n) is 9.87. The van der Waals surface area contributed by atoms with Gasteiger partial charge in [0.25, 0.3) is 5.91 Å². The largest absolute Gasteiger partial charge is 0.409 e. The van der Waals surface area contributed by atoms with Crippen molar-refractivity contribution in [3.8, 4) is 0 Å². The van der Waals surface area contributed by atoms with Crippen LogP contribution in [0.4, 0.5) is 0 Å². The third kappa shape index (κ3) is 3.46. The molecule has 1 rings (SSSR count). The van der Waals surface area contributed by atoms with Crippen LogP contribution in [-0.4, -0.2) is 22.5 Å². The summed E-state index contributed by atoms with van der Waals surface area (Å²) in [5.41, 5.74) is 5.03. The van der Waals surface area contributed by atoms with Crippen molar-refractivity contribution in [2.45, 2.75) is 19.4 Å². The Morgan fingerprint density at radius 1 is 1.44 bits per heavy atom. The molecular weight excluding hydrogens is 366 g/mol. The maximum atomic E-state index is 12.1. The molecule has 1 aromatic carbocycles. The Labute approximate surface area is 122 Å². The monoisotopic (exact) mass is 377 g/mol. The Bertz CT molecular complexity index is 501. The van der Waals surface area contributed by atoms with Gasteiger partial charge in [-0.2, -0.15) is 0 Å². The highest BCUT2D eigenvalue weighted by atomic mass is 79.9. The molecule has 0 spiro atoms. The second-order valence-electron chi connectivity index (χ2n) is 4.19. The van der Waals surface area contributed by atoms with Gasteiger partial charge in [0.2, 0.25) is 0 Å². The number of carbonyl (C=O) groups excluding carboxylic acids is 1. The quantitative estimate of drug-likeness (QED) is 0.326. The van der Waals surface area contributed by atoms with Crippen LogP contribution in [-0.2, 0) is 0 Å². The van der Waals surface area contributed by atoms with Crippen molar-refractivity contribution in [3.05, 3.63) is 32.7 Å². The second-order valence-corrected chi connectivity index (χ2v) is 5.96. The molecule has 1 aromatic rings. The average molecular weight is 379 g/mol. The highest BCUT2D eigenvalue weighted by Crippen LogP contribution is 2.22. The maximum Gasteiger partial charge on any atom is 0.253 e. The molecule has 0 aliphatic carbocycles. The summed E-state index contributed by atoms with van der Waals surface area (Å²) in [6, 6.07) is 5.26. The van der Waals surface area contributed by atoms with Crippen LogP contribution in [0.1, 0.15) is 24.2 Å². The van der Waals surface area contributed by atoms with Crippen LogP contribution in [0, 0.1) is 0 Å². The van der Waals surface area contributed by atoms with E-state index in [4.69, 9.17) is 10.9 Å². The van der Waals surface area contributed by atoms with E-state index in [1.165, 1.54) is 0 Å². The van der Waals surface area contributed by atoms with Gasteiger partial charge in [0.15, 0.2) is 5.84 Å². The van der Waals surface area contributed by atoms with Gasteiger partial charge in [-0.1, -0.05) is 21.1 Å². The van der Waals surface area contributed by atoms with Crippen molar-refractivity contribution >= 4 is 43.6 Å². The lowest BCUT2D eigenvalue weighted by atomic mass is 10.0. The number of hydrogen-bond acceptors (Lipinski definition) is 3. The van der Waals surface area contributed by atoms with Crippen LogP contribution in [0.15, 0.2) is 32.3 Å². The van der Waals surface area contributed by atoms with E-state index in [0.717, 1.165) is 4.47 Å². The average Bonchev–Trinajstić information content (AvgIpc) is 2.30. The molecule has 1 amide bonds. The normalized spacial score (nSPS) is 12.3. The van der Waals surface area contributed by atoms with Crippen molar-refractivity contribution in [1.29, 1.82) is 0 Å². The fraction of sp³-hybridized carbons (Fsp3) is 0.273. The Kier molecular flexibility index (Phi) is 4.75. The number of carbonyl (C=O) groups is 1. The molecule has 0 aromatic heterocycles. The number of nitrogens with two attached hydrogens (primary N) is 1. The van der Waals surface area contributed by atoms with Gasteiger partial charge < -0.3 is 16.3 Å². The fourth-order valence-corrected chi connectivity index (χ4v) is 2.00. The van der Waals surface area contributed by atoms with E-state index < -0.39 is 5.54 Å². The van der Waals surface area contributed by atoms with Crippen molar-refractivity contribution in [1.82, 2.24) is 5.32 Å². The molecular formula is C11H13Br2N3O2. The summed E-state index contributed by atoms with van der Waals surface area (Å²) in [5, 5.41) is 14.2. The first-order chi connectivity index (χ1) is 8.27. The van der Waals surface area contributed by atoms with Crippen molar-refractivity contribution < 1.29 is 10.0 Å². The topological polar surface area (TPSA) is 87.7 Å². The van der Waals surface area contributed by atoms with E-state index in [1.54, 1.807) is 26.0 Å². The molecule has 0 bridgehead atoms. The summed E-state index contributed by atoms with van der Waals surface area (Å²) >= 11 is 6.60. The lowest BCUT2D eigenvalue weighted by Gasteiger charge is -2.24. The Hall–Kier alpha value is -1.08. The zero-order chi connectivity index (χ0) is 13.9. The predicted octanol–water partition coefficient (Wildman–Crippen LogP) is 2.47. The number of benzene rings is 1. The fourth-order valence-electron chi connectivity index (χ4n) is 1.21. The second kappa shape index (κ2) is 5.71. The number of nitrogens with zero attached hydrogens (tertiary/aromatic N) is 1. The lowest BCUT2D eigenvalue weighted by Crippen LogP contribution is -2.53. The first-order valence-corrected chi connectivity index (χ1v) is 6.62. The third-order valence-electron chi connectivity index (χ3n) is 2.35. The minimum Gasteiger partial charge on any atom is -0.409 e. The number of oxime groups is 1. The molecule has 0 saturated carbocycles. The van der Waals surface area contributed by atoms with Crippen molar-refractivity contribution in [2.24, 2.45) is 10.9 Å². The van der Waals surface area contributed by atoms with Crippen LogP contribution in [0.25, 0.3) is 0 Å². The number of rotatable bonds is 3. The van der Waals surface area contributed by atoms with E-state index in [-0.39, 0.29) is 11.7 Å². The van der Waals surface area contributed by atoms with Gasteiger partial charge in [0.05, 0.1) is 11.1 Å². The van der Waals surface area contributed by atoms with Crippen LogP contribution in [0.3, 0.4) is 0 Å². The van der Waals surface area contributed by atoms with Gasteiger partial charge in [0.1, 0.15) is 0 Å². The zero-order valence-corrected chi connectivity index (χ0v) is 13.0. The highest BCUT2D eigenvalue weighted by Gasteiger charge is 2.27. The number of halogens is 2. The predicted molar refractivity (Wildman–Crippen MR) is 76.8 cm³/mol. The third-order valence-corrected chi connectivity index (χ3v) is 3.53. The molecule has 0 unspecified atom stereocenters. The van der Waals surface area contributed by atoms with Crippen LogP contribution in [0.5, 0.6) is 0 Å². The van der Waals surface area contributed by atoms with Gasteiger partial charge >= 0.3 is 0 Å². The first kappa shape index (κ1) is 15.0. The molecule has 0 aliphatic heterocycles. The van der Waals surface area contributed by atoms with E-state index in [2.05, 4.69) is 42.3 Å². The minimum absolute atomic E-state index is 0.0676. The first-order valence-electron chi connectivity index (χ1n) is 5.03. The molecule has 98 valence electrons. The summed E-state index contributed by atoms with van der Waals surface area (Å²) in [5.74, 6) is -0.387. The van der Waals surface area contributed by atoms with Gasteiger partial charge in [-0.15, -0.1) is 0 Å². The summed E-state index contributed by atoms with van der Waals surface area (Å²) in [6.45, 7) is 3.29. The smallest absolute Gasteiger partial charge is 0.253 e. The lowest BCUT2D eigenvalue weighted by molar-refractivity contribution is 0.0930. The number of nitrogens with one attached hydrogen (secondary N) is 1. The molecule has 5 nitrogen and oxygen atoms in total. The Balaban J connectivity index is 2.99. The molecule has 4 N–H and O–H groups in total. The van der Waals surface area contributed by atoms with Gasteiger partial charge in [-0.05, 0) is 48.0 Å². The van der Waals surface area contributed by atoms with Crippen molar-refractivity contribution in [2.75, 3.05) is 0 Å². The van der Waals surface area contributed by atoms with Crippen LogP contribution < -0.4 is 11.1 Å². The number of hydrogen-bond donors (Lipinski definition) is 3. The highest BCUT2D eigenvalue weighted by molar-refractivity contribution is 9.11. The molecule has 18 heavy (non-hydrogen) atoms. The maximum absolute atomic E-state index is 12.1. The van der Waals surface area contributed by atoms with E-state index in [9.17, 15) is 4.79 Å². The Morgan fingerprint density at radius 2 is 2.06 bits per heavy atom. The SMILES string of the molecule is CC(C)(NC(=O)c1cc(Br)ccc1Br)/C(N)=N/O. The van der Waals surface area contributed by atoms with Crippen molar-refractivity contribution in [3.63, 3.8) is 0 Å². The molecule has 0 aliphatic rings. The van der Waals surface area contributed by atoms with E-state index in [1.807, 2.05) is 6.07 Å².